The maximum Gasteiger partial charge on any atom is 0.341 e. The van der Waals surface area contributed by atoms with Gasteiger partial charge in [0.1, 0.15) is 17.2 Å². The fourth-order valence-corrected chi connectivity index (χ4v) is 3.75. The number of aromatic nitrogens is 2. The van der Waals surface area contributed by atoms with E-state index < -0.39 is 18.2 Å². The van der Waals surface area contributed by atoms with Crippen LogP contribution in [-0.4, -0.2) is 57.1 Å². The Balaban J connectivity index is 1.41. The second-order valence-electron chi connectivity index (χ2n) is 7.22. The molecule has 1 amide bonds. The predicted molar refractivity (Wildman–Crippen MR) is 103 cm³/mol. The number of benzene rings is 1. The minimum atomic E-state index is -1.08. The fraction of sp³-hybridized carbons (Fsp3) is 0.368. The molecule has 3 heterocycles. The van der Waals surface area contributed by atoms with E-state index in [4.69, 9.17) is 26.0 Å². The highest BCUT2D eigenvalue weighted by atomic mass is 16.5. The molecule has 1 fully saturated rings. The largest absolute Gasteiger partial charge is 0.482 e. The maximum atomic E-state index is 12.9. The van der Waals surface area contributed by atoms with E-state index in [2.05, 4.69) is 9.97 Å². The summed E-state index contributed by atoms with van der Waals surface area (Å²) in [4.78, 5) is 33.4. The normalized spacial score (nSPS) is 16.9. The van der Waals surface area contributed by atoms with Gasteiger partial charge in [-0.1, -0.05) is 6.07 Å². The van der Waals surface area contributed by atoms with Crippen molar-refractivity contribution in [2.75, 3.05) is 31.2 Å². The molecule has 5 N–H and O–H groups in total. The van der Waals surface area contributed by atoms with Crippen LogP contribution < -0.4 is 20.9 Å². The zero-order valence-corrected chi connectivity index (χ0v) is 15.6. The second kappa shape index (κ2) is 7.12. The van der Waals surface area contributed by atoms with Crippen molar-refractivity contribution in [3.05, 3.63) is 35.4 Å². The summed E-state index contributed by atoms with van der Waals surface area (Å²) in [5.41, 5.74) is 12.4. The van der Waals surface area contributed by atoms with Crippen molar-refractivity contribution in [1.82, 2.24) is 14.9 Å². The van der Waals surface area contributed by atoms with Gasteiger partial charge in [0.05, 0.1) is 5.56 Å². The molecule has 10 heteroatoms. The van der Waals surface area contributed by atoms with Crippen LogP contribution in [0.3, 0.4) is 0 Å². The van der Waals surface area contributed by atoms with Gasteiger partial charge in [-0.3, -0.25) is 4.79 Å². The molecule has 2 aliphatic heterocycles. The molecule has 1 aromatic carbocycles. The number of nitrogens with zero attached hydrogens (tertiary/aromatic N) is 3. The first-order valence-corrected chi connectivity index (χ1v) is 9.20. The number of hydrogen-bond donors (Lipinski definition) is 3. The average Bonchev–Trinajstić information content (AvgIpc) is 3.05. The molecule has 1 saturated heterocycles. The molecular formula is C19H21N5O5. The Bertz CT molecular complexity index is 971. The van der Waals surface area contributed by atoms with Crippen molar-refractivity contribution in [3.8, 4) is 11.6 Å². The summed E-state index contributed by atoms with van der Waals surface area (Å²) >= 11 is 0. The predicted octanol–water partition coefficient (Wildman–Crippen LogP) is 0.714. The number of amides is 1. The third kappa shape index (κ3) is 3.73. The standard InChI is InChI=1S/C19H21N5O5/c20-15-13-9-19(29-16(13)23-18(21)22-15)4-6-24(7-5-19)17(27)11-2-1-3-12(8-11)28-10-14(25)26/h1-3,8H,4-7,9-10H2,(H,25,26)(H4,20,21,22,23). The van der Waals surface area contributed by atoms with Crippen LogP contribution in [0.2, 0.25) is 0 Å². The lowest BCUT2D eigenvalue weighted by Crippen LogP contribution is -2.49. The molecule has 2 aromatic rings. The number of nitrogens with two attached hydrogens (primary N) is 2. The van der Waals surface area contributed by atoms with Gasteiger partial charge in [0.2, 0.25) is 11.8 Å². The summed E-state index contributed by atoms with van der Waals surface area (Å²) in [5, 5.41) is 8.72. The molecule has 0 saturated carbocycles. The molecule has 1 spiro atoms. The zero-order chi connectivity index (χ0) is 20.6. The number of carboxylic acids is 1. The molecule has 1 aromatic heterocycles. The van der Waals surface area contributed by atoms with Crippen LogP contribution in [0, 0.1) is 0 Å². The number of rotatable bonds is 4. The number of fused-ring (bicyclic) bond motifs is 1. The number of ether oxygens (including phenoxy) is 2. The van der Waals surface area contributed by atoms with E-state index in [0.29, 0.717) is 55.4 Å². The summed E-state index contributed by atoms with van der Waals surface area (Å²) in [7, 11) is 0. The Kier molecular flexibility index (Phi) is 4.61. The Morgan fingerprint density at radius 2 is 2.00 bits per heavy atom. The van der Waals surface area contributed by atoms with Gasteiger partial charge in [-0.15, -0.1) is 0 Å². The minimum Gasteiger partial charge on any atom is -0.482 e. The molecule has 10 nitrogen and oxygen atoms in total. The van der Waals surface area contributed by atoms with Gasteiger partial charge in [0, 0.05) is 37.9 Å². The van der Waals surface area contributed by atoms with Crippen molar-refractivity contribution in [2.24, 2.45) is 0 Å². The second-order valence-corrected chi connectivity index (χ2v) is 7.22. The number of hydrogen-bond acceptors (Lipinski definition) is 8. The quantitative estimate of drug-likeness (QED) is 0.674. The van der Waals surface area contributed by atoms with Gasteiger partial charge in [0.25, 0.3) is 5.91 Å². The smallest absolute Gasteiger partial charge is 0.341 e. The number of carbonyl (C=O) groups is 2. The van der Waals surface area contributed by atoms with Gasteiger partial charge in [-0.05, 0) is 18.2 Å². The third-order valence-corrected chi connectivity index (χ3v) is 5.24. The average molecular weight is 399 g/mol. The molecule has 0 atom stereocenters. The van der Waals surface area contributed by atoms with Gasteiger partial charge in [0.15, 0.2) is 6.61 Å². The van der Waals surface area contributed by atoms with Crippen molar-refractivity contribution in [3.63, 3.8) is 0 Å². The number of carboxylic acid groups (broad SMARTS) is 1. The van der Waals surface area contributed by atoms with Crippen LogP contribution in [0.15, 0.2) is 24.3 Å². The summed E-state index contributed by atoms with van der Waals surface area (Å²) in [6.45, 7) is 0.560. The number of carbonyl (C=O) groups excluding carboxylic acids is 1. The van der Waals surface area contributed by atoms with Crippen molar-refractivity contribution >= 4 is 23.6 Å². The van der Waals surface area contributed by atoms with Gasteiger partial charge in [-0.25, -0.2) is 4.79 Å². The minimum absolute atomic E-state index is 0.0795. The zero-order valence-electron chi connectivity index (χ0n) is 15.6. The molecule has 2 aliphatic rings. The first kappa shape index (κ1) is 18.8. The highest BCUT2D eigenvalue weighted by Crippen LogP contribution is 2.42. The van der Waals surface area contributed by atoms with E-state index in [-0.39, 0.29) is 11.9 Å². The molecule has 0 bridgehead atoms. The lowest BCUT2D eigenvalue weighted by Gasteiger charge is -2.38. The van der Waals surface area contributed by atoms with Crippen molar-refractivity contribution in [2.45, 2.75) is 24.9 Å². The lowest BCUT2D eigenvalue weighted by atomic mass is 9.87. The molecule has 0 aliphatic carbocycles. The Labute approximate surface area is 166 Å². The van der Waals surface area contributed by atoms with E-state index in [9.17, 15) is 9.59 Å². The Hall–Kier alpha value is -3.56. The molecule has 29 heavy (non-hydrogen) atoms. The Morgan fingerprint density at radius 1 is 1.24 bits per heavy atom. The summed E-state index contributed by atoms with van der Waals surface area (Å²) in [5.74, 6) is -0.0321. The number of piperidine rings is 1. The topological polar surface area (TPSA) is 154 Å². The van der Waals surface area contributed by atoms with Gasteiger partial charge >= 0.3 is 5.97 Å². The third-order valence-electron chi connectivity index (χ3n) is 5.24. The monoisotopic (exact) mass is 399 g/mol. The highest BCUT2D eigenvalue weighted by molar-refractivity contribution is 5.94. The number of likely N-dealkylation sites (tertiary alicyclic amines) is 1. The Morgan fingerprint density at radius 3 is 2.72 bits per heavy atom. The van der Waals surface area contributed by atoms with Crippen LogP contribution in [0.1, 0.15) is 28.8 Å². The summed E-state index contributed by atoms with van der Waals surface area (Å²) in [6, 6.07) is 6.52. The number of anilines is 2. The molecule has 0 radical (unpaired) electrons. The summed E-state index contributed by atoms with van der Waals surface area (Å²) in [6.07, 6.45) is 1.85. The summed E-state index contributed by atoms with van der Waals surface area (Å²) < 4.78 is 11.2. The van der Waals surface area contributed by atoms with E-state index in [1.165, 1.54) is 0 Å². The molecule has 152 valence electrons. The maximum absolute atomic E-state index is 12.9. The SMILES string of the molecule is Nc1nc(N)c2c(n1)OC1(CCN(C(=O)c3cccc(OCC(=O)O)c3)CC1)C2. The van der Waals surface area contributed by atoms with Crippen LogP contribution >= 0.6 is 0 Å². The molecular weight excluding hydrogens is 378 g/mol. The van der Waals surface area contributed by atoms with Crippen LogP contribution in [-0.2, 0) is 11.2 Å². The molecule has 0 unspecified atom stereocenters. The van der Waals surface area contributed by atoms with Crippen LogP contribution in [0.5, 0.6) is 11.6 Å². The molecule has 4 rings (SSSR count). The number of nitrogen functional groups attached to an aromatic ring is 2. The van der Waals surface area contributed by atoms with Gasteiger partial charge < -0.3 is 30.9 Å². The number of aliphatic carboxylic acids is 1. The van der Waals surface area contributed by atoms with Crippen molar-refractivity contribution in [1.29, 1.82) is 0 Å². The van der Waals surface area contributed by atoms with Crippen molar-refractivity contribution < 1.29 is 24.2 Å². The van der Waals surface area contributed by atoms with E-state index in [1.54, 1.807) is 29.2 Å². The van der Waals surface area contributed by atoms with Crippen LogP contribution in [0.25, 0.3) is 0 Å². The highest BCUT2D eigenvalue weighted by Gasteiger charge is 2.44. The van der Waals surface area contributed by atoms with E-state index >= 15 is 0 Å². The van der Waals surface area contributed by atoms with E-state index in [0.717, 1.165) is 5.56 Å². The first-order chi connectivity index (χ1) is 13.8. The lowest BCUT2D eigenvalue weighted by molar-refractivity contribution is -0.139. The van der Waals surface area contributed by atoms with Gasteiger partial charge in [-0.2, -0.15) is 9.97 Å². The van der Waals surface area contributed by atoms with E-state index in [1.807, 2.05) is 0 Å². The fourth-order valence-electron chi connectivity index (χ4n) is 3.75. The first-order valence-electron chi connectivity index (χ1n) is 9.20. The van der Waals surface area contributed by atoms with Crippen LogP contribution in [0.4, 0.5) is 11.8 Å².